The molecule has 1 heterocycles. The minimum Gasteiger partial charge on any atom is -0.385 e. The Balaban J connectivity index is 0.00000106. The second-order valence-corrected chi connectivity index (χ2v) is 6.64. The Morgan fingerprint density at radius 1 is 1.43 bits per heavy atom. The third-order valence-corrected chi connectivity index (χ3v) is 4.60. The van der Waals surface area contributed by atoms with Crippen molar-refractivity contribution in [2.24, 2.45) is 0 Å². The van der Waals surface area contributed by atoms with Crippen molar-refractivity contribution in [2.75, 3.05) is 6.54 Å². The Bertz CT molecular complexity index is 500. The molecule has 21 heavy (non-hydrogen) atoms. The van der Waals surface area contributed by atoms with E-state index in [2.05, 4.69) is 47.3 Å². The van der Waals surface area contributed by atoms with E-state index < -0.39 is 5.60 Å². The molecule has 1 saturated heterocycles. The summed E-state index contributed by atoms with van der Waals surface area (Å²) in [6, 6.07) is 6.45. The van der Waals surface area contributed by atoms with E-state index in [0.717, 1.165) is 40.7 Å². The Labute approximate surface area is 138 Å². The van der Waals surface area contributed by atoms with Gasteiger partial charge < -0.3 is 10.0 Å². The van der Waals surface area contributed by atoms with Crippen LogP contribution in [-0.4, -0.2) is 22.6 Å². The van der Waals surface area contributed by atoms with Crippen molar-refractivity contribution in [1.82, 2.24) is 4.90 Å². The molecule has 1 aromatic carbocycles. The maximum absolute atomic E-state index is 11.0. The van der Waals surface area contributed by atoms with E-state index in [1.165, 1.54) is 0 Å². The number of nitrogens with zero attached hydrogens (tertiary/aromatic N) is 1. The zero-order valence-corrected chi connectivity index (χ0v) is 15.5. The predicted octanol–water partition coefficient (Wildman–Crippen LogP) is 4.99. The number of allylic oxidation sites excluding steroid dienone is 1. The van der Waals surface area contributed by atoms with E-state index in [9.17, 15) is 5.11 Å². The van der Waals surface area contributed by atoms with Crippen LogP contribution >= 0.6 is 15.9 Å². The maximum atomic E-state index is 11.0. The molecule has 1 fully saturated rings. The number of hydrogen-bond donors (Lipinski definition) is 1. The van der Waals surface area contributed by atoms with E-state index in [1.54, 1.807) is 0 Å². The van der Waals surface area contributed by atoms with Gasteiger partial charge >= 0.3 is 0 Å². The molecule has 2 atom stereocenters. The summed E-state index contributed by atoms with van der Waals surface area (Å²) in [5, 5.41) is 11.0. The van der Waals surface area contributed by atoms with Gasteiger partial charge in [-0.3, -0.25) is 0 Å². The van der Waals surface area contributed by atoms with Crippen LogP contribution in [0.4, 0.5) is 0 Å². The first-order chi connectivity index (χ1) is 9.83. The lowest BCUT2D eigenvalue weighted by Gasteiger charge is -2.44. The van der Waals surface area contributed by atoms with Crippen LogP contribution < -0.4 is 0 Å². The largest absolute Gasteiger partial charge is 0.385 e. The summed E-state index contributed by atoms with van der Waals surface area (Å²) in [4.78, 5) is 2.28. The Kier molecular flexibility index (Phi) is 6.48. The summed E-state index contributed by atoms with van der Waals surface area (Å²) in [6.45, 7) is 15.1. The van der Waals surface area contributed by atoms with Crippen LogP contribution in [0.25, 0.3) is 0 Å². The predicted molar refractivity (Wildman–Crippen MR) is 94.3 cm³/mol. The summed E-state index contributed by atoms with van der Waals surface area (Å²) >= 11 is 3.48. The molecule has 3 heteroatoms. The summed E-state index contributed by atoms with van der Waals surface area (Å²) in [6.07, 6.45) is 1.51. The van der Waals surface area contributed by atoms with Crippen molar-refractivity contribution >= 4 is 15.9 Å². The minimum atomic E-state index is -0.712. The zero-order valence-electron chi connectivity index (χ0n) is 13.9. The van der Waals surface area contributed by atoms with Crippen LogP contribution in [0, 0.1) is 6.92 Å². The first-order valence-electron chi connectivity index (χ1n) is 7.74. The number of halogens is 1. The van der Waals surface area contributed by atoms with Gasteiger partial charge in [0.25, 0.3) is 0 Å². The molecule has 2 rings (SSSR count). The number of hydrogen-bond acceptors (Lipinski definition) is 2. The first kappa shape index (κ1) is 18.2. The molecule has 0 saturated carbocycles. The van der Waals surface area contributed by atoms with Gasteiger partial charge in [0.1, 0.15) is 0 Å². The number of aryl methyl sites for hydroxylation is 1. The molecule has 1 aromatic rings. The summed E-state index contributed by atoms with van der Waals surface area (Å²) in [7, 11) is 0. The molecule has 1 aliphatic rings. The second-order valence-electron chi connectivity index (χ2n) is 5.72. The molecule has 0 bridgehead atoms. The fourth-order valence-corrected chi connectivity index (χ4v) is 3.66. The van der Waals surface area contributed by atoms with Crippen LogP contribution in [0.3, 0.4) is 0 Å². The third kappa shape index (κ3) is 4.10. The van der Waals surface area contributed by atoms with Crippen molar-refractivity contribution in [1.29, 1.82) is 0 Å². The number of likely N-dealkylation sites (tertiary alicyclic amines) is 1. The topological polar surface area (TPSA) is 23.5 Å². The van der Waals surface area contributed by atoms with E-state index >= 15 is 0 Å². The number of benzene rings is 1. The van der Waals surface area contributed by atoms with Crippen molar-refractivity contribution in [3.8, 4) is 0 Å². The quantitative estimate of drug-likeness (QED) is 0.809. The van der Waals surface area contributed by atoms with Crippen molar-refractivity contribution in [3.05, 3.63) is 46.1 Å². The molecule has 2 nitrogen and oxygen atoms in total. The standard InChI is InChI=1S/C16H22BrNO.C2H6/c1-11(2)18-8-7-16(19,10-13(18)4)15-6-5-14(17)9-12(15)3;1-2/h5-6,9,13,19H,1,7-8,10H2,2-4H3;1-2H3. The van der Waals surface area contributed by atoms with Crippen molar-refractivity contribution in [3.63, 3.8) is 0 Å². The van der Waals surface area contributed by atoms with Gasteiger partial charge in [-0.25, -0.2) is 0 Å². The molecule has 1 N–H and O–H groups in total. The monoisotopic (exact) mass is 353 g/mol. The smallest absolute Gasteiger partial charge is 0.0935 e. The lowest BCUT2D eigenvalue weighted by atomic mass is 9.79. The number of aliphatic hydroxyl groups is 1. The van der Waals surface area contributed by atoms with E-state index in [0.29, 0.717) is 6.04 Å². The highest BCUT2D eigenvalue weighted by molar-refractivity contribution is 9.10. The molecule has 0 aromatic heterocycles. The van der Waals surface area contributed by atoms with Gasteiger partial charge in [-0.1, -0.05) is 42.4 Å². The molecule has 1 aliphatic heterocycles. The molecule has 2 unspecified atom stereocenters. The van der Waals surface area contributed by atoms with Crippen LogP contribution in [0.1, 0.15) is 51.7 Å². The van der Waals surface area contributed by atoms with Gasteiger partial charge in [-0.2, -0.15) is 0 Å². The highest BCUT2D eigenvalue weighted by atomic mass is 79.9. The zero-order chi connectivity index (χ0) is 16.2. The molecule has 0 radical (unpaired) electrons. The average Bonchev–Trinajstić information content (AvgIpc) is 2.40. The van der Waals surface area contributed by atoms with Crippen LogP contribution in [0.15, 0.2) is 34.9 Å². The van der Waals surface area contributed by atoms with Crippen molar-refractivity contribution in [2.45, 2.75) is 59.1 Å². The molecule has 0 spiro atoms. The average molecular weight is 354 g/mol. The highest BCUT2D eigenvalue weighted by Gasteiger charge is 2.38. The SMILES string of the molecule is C=C(C)N1CCC(O)(c2ccc(Br)cc2C)CC1C.CC. The van der Waals surface area contributed by atoms with Crippen LogP contribution in [0.2, 0.25) is 0 Å². The lowest BCUT2D eigenvalue weighted by molar-refractivity contribution is -0.0388. The Morgan fingerprint density at radius 2 is 2.05 bits per heavy atom. The van der Waals surface area contributed by atoms with Crippen molar-refractivity contribution < 1.29 is 5.11 Å². The van der Waals surface area contributed by atoms with Crippen LogP contribution in [0.5, 0.6) is 0 Å². The number of rotatable bonds is 2. The van der Waals surface area contributed by atoms with Gasteiger partial charge in [0, 0.05) is 29.2 Å². The normalized spacial score (nSPS) is 25.1. The van der Waals surface area contributed by atoms with Crippen LogP contribution in [-0.2, 0) is 5.60 Å². The highest BCUT2D eigenvalue weighted by Crippen LogP contribution is 2.38. The van der Waals surface area contributed by atoms with Gasteiger partial charge in [-0.05, 0) is 50.5 Å². The minimum absolute atomic E-state index is 0.319. The first-order valence-corrected chi connectivity index (χ1v) is 8.54. The molecule has 0 aliphatic carbocycles. The fraction of sp³-hybridized carbons (Fsp3) is 0.556. The van der Waals surface area contributed by atoms with E-state index in [-0.39, 0.29) is 0 Å². The van der Waals surface area contributed by atoms with E-state index in [4.69, 9.17) is 0 Å². The molecular weight excluding hydrogens is 326 g/mol. The third-order valence-electron chi connectivity index (χ3n) is 4.11. The van der Waals surface area contributed by atoms with Gasteiger partial charge in [-0.15, -0.1) is 0 Å². The Hall–Kier alpha value is -0.800. The number of piperidine rings is 1. The van der Waals surface area contributed by atoms with E-state index in [1.807, 2.05) is 32.9 Å². The molecule has 0 amide bonds. The van der Waals surface area contributed by atoms with Gasteiger partial charge in [0.05, 0.1) is 5.60 Å². The second kappa shape index (κ2) is 7.46. The summed E-state index contributed by atoms with van der Waals surface area (Å²) < 4.78 is 1.06. The van der Waals surface area contributed by atoms with Gasteiger partial charge in [0.15, 0.2) is 0 Å². The molecular formula is C18H28BrNO. The fourth-order valence-electron chi connectivity index (χ4n) is 3.19. The van der Waals surface area contributed by atoms with Gasteiger partial charge in [0.2, 0.25) is 0 Å². The Morgan fingerprint density at radius 3 is 2.52 bits per heavy atom. The lowest BCUT2D eigenvalue weighted by Crippen LogP contribution is -2.47. The molecule has 118 valence electrons. The maximum Gasteiger partial charge on any atom is 0.0935 e. The summed E-state index contributed by atoms with van der Waals surface area (Å²) in [5.41, 5.74) is 2.58. The summed E-state index contributed by atoms with van der Waals surface area (Å²) in [5.74, 6) is 0.